The summed E-state index contributed by atoms with van der Waals surface area (Å²) in [6, 6.07) is 10.1. The van der Waals surface area contributed by atoms with Gasteiger partial charge in [-0.3, -0.25) is 0 Å². The van der Waals surface area contributed by atoms with E-state index in [1.54, 1.807) is 6.07 Å². The Kier molecular flexibility index (Phi) is 4.43. The van der Waals surface area contributed by atoms with Crippen LogP contribution in [-0.2, 0) is 11.8 Å². The van der Waals surface area contributed by atoms with Crippen LogP contribution in [0.25, 0.3) is 0 Å². The third-order valence-corrected chi connectivity index (χ3v) is 3.15. The van der Waals surface area contributed by atoms with E-state index in [0.717, 1.165) is 23.8 Å². The minimum absolute atomic E-state index is 0.144. The molecular weight excluding hydrogens is 262 g/mol. The number of hydrogen-bond acceptors (Lipinski definition) is 5. The van der Waals surface area contributed by atoms with Gasteiger partial charge in [-0.15, -0.1) is 0 Å². The summed E-state index contributed by atoms with van der Waals surface area (Å²) in [5.41, 5.74) is 4.74. The summed E-state index contributed by atoms with van der Waals surface area (Å²) in [6.07, 6.45) is 1.00. The zero-order chi connectivity index (χ0) is 15.5. The van der Waals surface area contributed by atoms with Crippen molar-refractivity contribution in [1.29, 1.82) is 0 Å². The normalized spacial score (nSPS) is 11.3. The lowest BCUT2D eigenvalue weighted by molar-refractivity contribution is 0.547. The first-order chi connectivity index (χ1) is 9.92. The number of nitrogens with two attached hydrogens (primary N) is 1. The number of hydrogen-bond donors (Lipinski definition) is 3. The fourth-order valence-electron chi connectivity index (χ4n) is 1.94. The van der Waals surface area contributed by atoms with Crippen molar-refractivity contribution < 1.29 is 0 Å². The molecule has 2 rings (SSSR count). The Morgan fingerprint density at radius 1 is 1.10 bits per heavy atom. The van der Waals surface area contributed by atoms with Gasteiger partial charge in [-0.05, 0) is 24.1 Å². The lowest BCUT2D eigenvalue weighted by Gasteiger charge is -2.19. The van der Waals surface area contributed by atoms with E-state index in [2.05, 4.69) is 60.5 Å². The number of aromatic nitrogens is 2. The summed E-state index contributed by atoms with van der Waals surface area (Å²) in [6.45, 7) is 8.36. The summed E-state index contributed by atoms with van der Waals surface area (Å²) in [4.78, 5) is 9.00. The first kappa shape index (κ1) is 15.3. The molecule has 112 valence electrons. The van der Waals surface area contributed by atoms with Gasteiger partial charge in [0.1, 0.15) is 17.5 Å². The van der Waals surface area contributed by atoms with E-state index in [9.17, 15) is 0 Å². The summed E-state index contributed by atoms with van der Waals surface area (Å²) >= 11 is 0. The third kappa shape index (κ3) is 3.92. The highest BCUT2D eigenvalue weighted by Crippen LogP contribution is 2.24. The van der Waals surface area contributed by atoms with E-state index in [4.69, 9.17) is 5.84 Å². The van der Waals surface area contributed by atoms with Gasteiger partial charge in [-0.1, -0.05) is 39.8 Å². The molecule has 21 heavy (non-hydrogen) atoms. The van der Waals surface area contributed by atoms with Gasteiger partial charge >= 0.3 is 0 Å². The second-order valence-electron chi connectivity index (χ2n) is 6.04. The molecule has 0 saturated heterocycles. The molecule has 0 unspecified atom stereocenters. The SMILES string of the molecule is CCc1cccc(Nc2cc(NN)nc(C(C)(C)C)n2)c1. The lowest BCUT2D eigenvalue weighted by atomic mass is 9.96. The summed E-state index contributed by atoms with van der Waals surface area (Å²) in [7, 11) is 0. The Hall–Kier alpha value is -2.14. The van der Waals surface area contributed by atoms with E-state index < -0.39 is 0 Å². The monoisotopic (exact) mass is 285 g/mol. The molecule has 0 spiro atoms. The fourth-order valence-corrected chi connectivity index (χ4v) is 1.94. The molecule has 0 aliphatic heterocycles. The highest BCUT2D eigenvalue weighted by atomic mass is 15.3. The third-order valence-electron chi connectivity index (χ3n) is 3.15. The van der Waals surface area contributed by atoms with Crippen molar-refractivity contribution in [3.8, 4) is 0 Å². The van der Waals surface area contributed by atoms with Crippen molar-refractivity contribution in [2.24, 2.45) is 5.84 Å². The average molecular weight is 285 g/mol. The summed E-state index contributed by atoms with van der Waals surface area (Å²) in [5, 5.41) is 3.32. The molecule has 5 heteroatoms. The van der Waals surface area contributed by atoms with Gasteiger partial charge in [-0.2, -0.15) is 0 Å². The van der Waals surface area contributed by atoms with Crippen LogP contribution in [0.1, 0.15) is 39.1 Å². The molecular formula is C16H23N5. The number of hydrazine groups is 1. The van der Waals surface area contributed by atoms with Gasteiger partial charge in [0.25, 0.3) is 0 Å². The van der Waals surface area contributed by atoms with Crippen LogP contribution >= 0.6 is 0 Å². The minimum Gasteiger partial charge on any atom is -0.340 e. The van der Waals surface area contributed by atoms with Gasteiger partial charge < -0.3 is 10.7 Å². The second-order valence-corrected chi connectivity index (χ2v) is 6.04. The number of rotatable bonds is 4. The Labute approximate surface area is 126 Å². The molecule has 0 bridgehead atoms. The van der Waals surface area contributed by atoms with Crippen molar-refractivity contribution in [3.05, 3.63) is 41.7 Å². The quantitative estimate of drug-likeness (QED) is 0.593. The van der Waals surface area contributed by atoms with E-state index in [0.29, 0.717) is 5.82 Å². The Bertz CT molecular complexity index is 616. The van der Waals surface area contributed by atoms with Crippen molar-refractivity contribution in [2.45, 2.75) is 39.5 Å². The number of anilines is 3. The Morgan fingerprint density at radius 3 is 2.43 bits per heavy atom. The lowest BCUT2D eigenvalue weighted by Crippen LogP contribution is -2.19. The maximum Gasteiger partial charge on any atom is 0.145 e. The summed E-state index contributed by atoms with van der Waals surface area (Å²) in [5.74, 6) is 7.58. The molecule has 0 radical (unpaired) electrons. The standard InChI is InChI=1S/C16H23N5/c1-5-11-7-6-8-12(9-11)18-13-10-14(21-17)20-15(19-13)16(2,3)4/h6-10H,5,17H2,1-4H3,(H2,18,19,20,21). The van der Waals surface area contributed by atoms with Crippen molar-refractivity contribution >= 4 is 17.3 Å². The highest BCUT2D eigenvalue weighted by molar-refractivity contribution is 5.60. The van der Waals surface area contributed by atoms with E-state index in [1.165, 1.54) is 5.56 Å². The van der Waals surface area contributed by atoms with E-state index >= 15 is 0 Å². The predicted octanol–water partition coefficient (Wildman–Crippen LogP) is 3.37. The van der Waals surface area contributed by atoms with E-state index in [1.807, 2.05) is 12.1 Å². The van der Waals surface area contributed by atoms with Crippen molar-refractivity contribution in [3.63, 3.8) is 0 Å². The Morgan fingerprint density at radius 2 is 1.81 bits per heavy atom. The molecule has 0 atom stereocenters. The van der Waals surface area contributed by atoms with Crippen LogP contribution in [0.15, 0.2) is 30.3 Å². The van der Waals surface area contributed by atoms with Gasteiger partial charge in [0.2, 0.25) is 0 Å². The minimum atomic E-state index is -0.144. The molecule has 1 aromatic heterocycles. The van der Waals surface area contributed by atoms with Crippen LogP contribution in [0, 0.1) is 0 Å². The van der Waals surface area contributed by atoms with Crippen LogP contribution in [-0.4, -0.2) is 9.97 Å². The smallest absolute Gasteiger partial charge is 0.145 e. The highest BCUT2D eigenvalue weighted by Gasteiger charge is 2.19. The van der Waals surface area contributed by atoms with Crippen molar-refractivity contribution in [1.82, 2.24) is 9.97 Å². The summed E-state index contributed by atoms with van der Waals surface area (Å²) < 4.78 is 0. The molecule has 1 aromatic carbocycles. The molecule has 1 heterocycles. The number of nitrogen functional groups attached to an aromatic ring is 1. The van der Waals surface area contributed by atoms with Crippen LogP contribution in [0.3, 0.4) is 0 Å². The molecule has 4 N–H and O–H groups in total. The van der Waals surface area contributed by atoms with Gasteiger partial charge in [0, 0.05) is 17.2 Å². The number of nitrogens with zero attached hydrogens (tertiary/aromatic N) is 2. The largest absolute Gasteiger partial charge is 0.340 e. The zero-order valence-electron chi connectivity index (χ0n) is 13.1. The van der Waals surface area contributed by atoms with E-state index in [-0.39, 0.29) is 5.41 Å². The first-order valence-electron chi connectivity index (χ1n) is 7.14. The number of aryl methyl sites for hydroxylation is 1. The van der Waals surface area contributed by atoms with Gasteiger partial charge in [0.05, 0.1) is 0 Å². The first-order valence-corrected chi connectivity index (χ1v) is 7.14. The zero-order valence-corrected chi connectivity index (χ0v) is 13.1. The van der Waals surface area contributed by atoms with Gasteiger partial charge in [-0.25, -0.2) is 15.8 Å². The predicted molar refractivity (Wildman–Crippen MR) is 87.6 cm³/mol. The fraction of sp³-hybridized carbons (Fsp3) is 0.375. The van der Waals surface area contributed by atoms with Crippen molar-refractivity contribution in [2.75, 3.05) is 10.7 Å². The Balaban J connectivity index is 2.34. The van der Waals surface area contributed by atoms with Crippen LogP contribution in [0.5, 0.6) is 0 Å². The van der Waals surface area contributed by atoms with Crippen LogP contribution in [0.4, 0.5) is 17.3 Å². The van der Waals surface area contributed by atoms with Crippen LogP contribution in [0.2, 0.25) is 0 Å². The molecule has 5 nitrogen and oxygen atoms in total. The topological polar surface area (TPSA) is 75.9 Å². The molecule has 0 saturated carbocycles. The molecule has 0 aliphatic rings. The average Bonchev–Trinajstić information content (AvgIpc) is 2.46. The van der Waals surface area contributed by atoms with Gasteiger partial charge in [0.15, 0.2) is 0 Å². The maximum absolute atomic E-state index is 5.50. The number of benzene rings is 1. The maximum atomic E-state index is 5.50. The molecule has 2 aromatic rings. The molecule has 0 amide bonds. The molecule has 0 aliphatic carbocycles. The second kappa shape index (κ2) is 6.10. The van der Waals surface area contributed by atoms with Crippen LogP contribution < -0.4 is 16.6 Å². The number of nitrogens with one attached hydrogen (secondary N) is 2. The molecule has 0 fully saturated rings.